The van der Waals surface area contributed by atoms with Crippen LogP contribution in [0.2, 0.25) is 0 Å². The fourth-order valence-corrected chi connectivity index (χ4v) is 1.29. The second-order valence-electron chi connectivity index (χ2n) is 3.00. The van der Waals surface area contributed by atoms with Crippen LogP contribution in [0.1, 0.15) is 26.7 Å². The molecule has 1 aliphatic rings. The normalized spacial score (nSPS) is 39.3. The van der Waals surface area contributed by atoms with Crippen LogP contribution in [0.4, 0.5) is 0 Å². The molecule has 0 aliphatic carbocycles. The first kappa shape index (κ1) is 10.2. The Morgan fingerprint density at radius 3 is 2.50 bits per heavy atom. The summed E-state index contributed by atoms with van der Waals surface area (Å²) in [7, 11) is 0. The summed E-state index contributed by atoms with van der Waals surface area (Å²) in [5.74, 6) is 0. The van der Waals surface area contributed by atoms with Gasteiger partial charge in [-0.05, 0) is 26.3 Å². The van der Waals surface area contributed by atoms with E-state index in [0.717, 1.165) is 19.4 Å². The van der Waals surface area contributed by atoms with Crippen LogP contribution >= 0.6 is 12.4 Å². The maximum Gasteiger partial charge on any atom is 0.0731 e. The number of hydrogen-bond donors (Lipinski definition) is 2. The van der Waals surface area contributed by atoms with E-state index in [1.165, 1.54) is 0 Å². The van der Waals surface area contributed by atoms with Gasteiger partial charge in [0.05, 0.1) is 6.10 Å². The summed E-state index contributed by atoms with van der Waals surface area (Å²) in [5.41, 5.74) is 0. The zero-order valence-electron chi connectivity index (χ0n) is 6.55. The van der Waals surface area contributed by atoms with E-state index in [4.69, 9.17) is 0 Å². The van der Waals surface area contributed by atoms with Crippen LogP contribution in [0.15, 0.2) is 0 Å². The van der Waals surface area contributed by atoms with Crippen molar-refractivity contribution in [2.24, 2.45) is 0 Å². The van der Waals surface area contributed by atoms with Gasteiger partial charge in [0.2, 0.25) is 0 Å². The topological polar surface area (TPSA) is 32.3 Å². The van der Waals surface area contributed by atoms with Crippen molar-refractivity contribution >= 4 is 12.4 Å². The van der Waals surface area contributed by atoms with Gasteiger partial charge in [0.1, 0.15) is 0 Å². The van der Waals surface area contributed by atoms with Crippen LogP contribution in [0, 0.1) is 0 Å². The largest absolute Gasteiger partial charge is 0.391 e. The molecule has 10 heavy (non-hydrogen) atoms. The van der Waals surface area contributed by atoms with E-state index < -0.39 is 0 Å². The van der Waals surface area contributed by atoms with Gasteiger partial charge >= 0.3 is 0 Å². The summed E-state index contributed by atoms with van der Waals surface area (Å²) in [4.78, 5) is 0. The Hall–Kier alpha value is 0.210. The molecule has 0 aromatic rings. The lowest BCUT2D eigenvalue weighted by molar-refractivity contribution is 0.105. The Labute approximate surface area is 68.4 Å². The molecule has 1 fully saturated rings. The molecule has 0 spiro atoms. The first-order valence-electron chi connectivity index (χ1n) is 3.62. The number of aliphatic hydroxyl groups excluding tert-OH is 1. The van der Waals surface area contributed by atoms with Gasteiger partial charge in [-0.2, -0.15) is 0 Å². The number of halogens is 1. The summed E-state index contributed by atoms with van der Waals surface area (Å²) in [5, 5.41) is 12.7. The Kier molecular flexibility index (Phi) is 3.63. The van der Waals surface area contributed by atoms with Crippen molar-refractivity contribution in [1.29, 1.82) is 0 Å². The minimum Gasteiger partial charge on any atom is -0.391 e. The molecule has 3 heteroatoms. The van der Waals surface area contributed by atoms with Gasteiger partial charge < -0.3 is 10.4 Å². The van der Waals surface area contributed by atoms with E-state index in [2.05, 4.69) is 19.2 Å². The molecule has 1 rings (SSSR count). The smallest absolute Gasteiger partial charge is 0.0731 e. The molecule has 0 amide bonds. The lowest BCUT2D eigenvalue weighted by Gasteiger charge is -2.26. The van der Waals surface area contributed by atoms with Crippen molar-refractivity contribution in [3.63, 3.8) is 0 Å². The number of nitrogens with one attached hydrogen (secondary N) is 1. The van der Waals surface area contributed by atoms with Gasteiger partial charge in [-0.15, -0.1) is 12.4 Å². The van der Waals surface area contributed by atoms with Crippen LogP contribution in [0.25, 0.3) is 0 Å². The van der Waals surface area contributed by atoms with E-state index in [1.807, 2.05) is 0 Å². The molecule has 1 heterocycles. The average molecular weight is 166 g/mol. The van der Waals surface area contributed by atoms with Crippen molar-refractivity contribution < 1.29 is 5.11 Å². The molecule has 62 valence electrons. The van der Waals surface area contributed by atoms with Crippen molar-refractivity contribution in [3.8, 4) is 0 Å². The molecule has 2 unspecified atom stereocenters. The van der Waals surface area contributed by atoms with Crippen molar-refractivity contribution in [1.82, 2.24) is 5.32 Å². The minimum absolute atomic E-state index is 0. The van der Waals surface area contributed by atoms with E-state index in [1.54, 1.807) is 0 Å². The molecular weight excluding hydrogens is 150 g/mol. The average Bonchev–Trinajstić information content (AvgIpc) is 2.15. The summed E-state index contributed by atoms with van der Waals surface area (Å²) >= 11 is 0. The van der Waals surface area contributed by atoms with E-state index >= 15 is 0 Å². The predicted octanol–water partition coefficient (Wildman–Crippen LogP) is 0.931. The van der Waals surface area contributed by atoms with Gasteiger partial charge in [-0.3, -0.25) is 0 Å². The maximum absolute atomic E-state index is 9.39. The summed E-state index contributed by atoms with van der Waals surface area (Å²) in [6, 6.07) is 0. The summed E-state index contributed by atoms with van der Waals surface area (Å²) < 4.78 is 0. The SMILES string of the molecule is CCC1(C)NCCC1O.Cl. The molecule has 0 bridgehead atoms. The molecule has 0 saturated carbocycles. The third-order valence-corrected chi connectivity index (χ3v) is 2.42. The van der Waals surface area contributed by atoms with Gasteiger partial charge in [0.15, 0.2) is 0 Å². The van der Waals surface area contributed by atoms with Gasteiger partial charge in [-0.1, -0.05) is 6.92 Å². The molecular formula is C7H16ClNO. The summed E-state index contributed by atoms with van der Waals surface area (Å²) in [6.07, 6.45) is 1.78. The van der Waals surface area contributed by atoms with Gasteiger partial charge in [-0.25, -0.2) is 0 Å². The molecule has 0 aromatic heterocycles. The lowest BCUT2D eigenvalue weighted by Crippen LogP contribution is -2.43. The van der Waals surface area contributed by atoms with E-state index in [0.29, 0.717) is 0 Å². The number of aliphatic hydroxyl groups is 1. The first-order chi connectivity index (χ1) is 4.19. The molecule has 1 saturated heterocycles. The zero-order chi connectivity index (χ0) is 6.91. The predicted molar refractivity (Wildman–Crippen MR) is 44.6 cm³/mol. The Morgan fingerprint density at radius 2 is 2.30 bits per heavy atom. The van der Waals surface area contributed by atoms with Crippen LogP contribution < -0.4 is 5.32 Å². The molecule has 2 atom stereocenters. The Morgan fingerprint density at radius 1 is 1.70 bits per heavy atom. The fraction of sp³-hybridized carbons (Fsp3) is 1.00. The Bertz CT molecular complexity index is 110. The minimum atomic E-state index is -0.137. The Balaban J connectivity index is 0.000000810. The number of rotatable bonds is 1. The van der Waals surface area contributed by atoms with Gasteiger partial charge in [0, 0.05) is 5.54 Å². The highest BCUT2D eigenvalue weighted by molar-refractivity contribution is 5.85. The van der Waals surface area contributed by atoms with Crippen LogP contribution in [-0.4, -0.2) is 23.3 Å². The molecule has 0 radical (unpaired) electrons. The third-order valence-electron chi connectivity index (χ3n) is 2.42. The maximum atomic E-state index is 9.39. The lowest BCUT2D eigenvalue weighted by atomic mass is 9.94. The van der Waals surface area contributed by atoms with E-state index in [9.17, 15) is 5.11 Å². The van der Waals surface area contributed by atoms with Crippen LogP contribution in [0.5, 0.6) is 0 Å². The highest BCUT2D eigenvalue weighted by Crippen LogP contribution is 2.21. The van der Waals surface area contributed by atoms with Gasteiger partial charge in [0.25, 0.3) is 0 Å². The quantitative estimate of drug-likeness (QED) is 0.606. The monoisotopic (exact) mass is 165 g/mol. The molecule has 2 N–H and O–H groups in total. The molecule has 0 aromatic carbocycles. The second-order valence-corrected chi connectivity index (χ2v) is 3.00. The first-order valence-corrected chi connectivity index (χ1v) is 3.62. The van der Waals surface area contributed by atoms with Crippen molar-refractivity contribution in [2.75, 3.05) is 6.54 Å². The van der Waals surface area contributed by atoms with E-state index in [-0.39, 0.29) is 24.0 Å². The highest BCUT2D eigenvalue weighted by atomic mass is 35.5. The standard InChI is InChI=1S/C7H15NO.ClH/c1-3-7(2)6(9)4-5-8-7;/h6,8-9H,3-5H2,1-2H3;1H. The zero-order valence-corrected chi connectivity index (χ0v) is 7.37. The molecule has 1 aliphatic heterocycles. The highest BCUT2D eigenvalue weighted by Gasteiger charge is 2.34. The van der Waals surface area contributed by atoms with Crippen molar-refractivity contribution in [2.45, 2.75) is 38.3 Å². The summed E-state index contributed by atoms with van der Waals surface area (Å²) in [6.45, 7) is 5.14. The van der Waals surface area contributed by atoms with Crippen LogP contribution in [-0.2, 0) is 0 Å². The fourth-order valence-electron chi connectivity index (χ4n) is 1.29. The number of hydrogen-bond acceptors (Lipinski definition) is 2. The van der Waals surface area contributed by atoms with Crippen molar-refractivity contribution in [3.05, 3.63) is 0 Å². The van der Waals surface area contributed by atoms with Crippen LogP contribution in [0.3, 0.4) is 0 Å². The second kappa shape index (κ2) is 3.56. The molecule has 2 nitrogen and oxygen atoms in total. The third kappa shape index (κ3) is 1.62.